The zero-order valence-corrected chi connectivity index (χ0v) is 6.50. The summed E-state index contributed by atoms with van der Waals surface area (Å²) in [6.45, 7) is 4.11. The lowest BCUT2D eigenvalue weighted by atomic mass is 10.0. The van der Waals surface area contributed by atoms with E-state index in [0.29, 0.717) is 5.92 Å². The molecule has 0 aliphatic carbocycles. The number of rotatable bonds is 4. The molecular weight excluding hydrogens is 128 g/mol. The molecule has 58 valence electrons. The highest BCUT2D eigenvalue weighted by molar-refractivity contribution is 5.79. The van der Waals surface area contributed by atoms with Crippen LogP contribution in [0.1, 0.15) is 26.7 Å². The van der Waals surface area contributed by atoms with Crippen LogP contribution in [0.25, 0.3) is 0 Å². The summed E-state index contributed by atoms with van der Waals surface area (Å²) in [6, 6.07) is 0. The van der Waals surface area contributed by atoms with Gasteiger partial charge in [-0.05, 0) is 18.8 Å². The highest BCUT2D eigenvalue weighted by Crippen LogP contribution is 2.07. The molecule has 0 radical (unpaired) electrons. The third kappa shape index (κ3) is 4.13. The molecule has 0 aromatic carbocycles. The summed E-state index contributed by atoms with van der Waals surface area (Å²) in [5, 5.41) is 8.27. The van der Waals surface area contributed by atoms with E-state index in [1.54, 1.807) is 6.08 Å². The molecule has 0 spiro atoms. The van der Waals surface area contributed by atoms with Gasteiger partial charge in [-0.15, -0.1) is 0 Å². The molecule has 0 aliphatic rings. The monoisotopic (exact) mass is 142 g/mol. The highest BCUT2D eigenvalue weighted by Gasteiger charge is 1.97. The summed E-state index contributed by atoms with van der Waals surface area (Å²) < 4.78 is 0. The molecule has 0 aliphatic heterocycles. The SMILES string of the molecule is CCC(/C=C/C(=O)O)CC. The Morgan fingerprint density at radius 1 is 1.50 bits per heavy atom. The first-order valence-electron chi connectivity index (χ1n) is 3.61. The molecular formula is C8H14O2. The van der Waals surface area contributed by atoms with Crippen molar-refractivity contribution in [1.29, 1.82) is 0 Å². The van der Waals surface area contributed by atoms with Crippen molar-refractivity contribution in [1.82, 2.24) is 0 Å². The van der Waals surface area contributed by atoms with Gasteiger partial charge in [-0.3, -0.25) is 0 Å². The Morgan fingerprint density at radius 3 is 2.30 bits per heavy atom. The number of allylic oxidation sites excluding steroid dienone is 1. The molecule has 0 heterocycles. The molecule has 0 saturated heterocycles. The molecule has 0 atom stereocenters. The summed E-state index contributed by atoms with van der Waals surface area (Å²) in [4.78, 5) is 10.0. The summed E-state index contributed by atoms with van der Waals surface area (Å²) in [6.07, 6.45) is 5.00. The number of carboxylic acid groups (broad SMARTS) is 1. The average Bonchev–Trinajstić information content (AvgIpc) is 1.90. The Hall–Kier alpha value is -0.790. The second kappa shape index (κ2) is 5.03. The zero-order chi connectivity index (χ0) is 7.98. The molecule has 1 N–H and O–H groups in total. The van der Waals surface area contributed by atoms with Gasteiger partial charge in [0.15, 0.2) is 0 Å². The smallest absolute Gasteiger partial charge is 0.327 e. The third-order valence-corrected chi connectivity index (χ3v) is 1.56. The second-order valence-electron chi connectivity index (χ2n) is 2.27. The van der Waals surface area contributed by atoms with E-state index in [9.17, 15) is 4.79 Å². The van der Waals surface area contributed by atoms with E-state index in [1.165, 1.54) is 6.08 Å². The van der Waals surface area contributed by atoms with Crippen LogP contribution in [-0.4, -0.2) is 11.1 Å². The van der Waals surface area contributed by atoms with E-state index in [0.717, 1.165) is 12.8 Å². The van der Waals surface area contributed by atoms with Crippen molar-refractivity contribution in [2.75, 3.05) is 0 Å². The molecule has 0 bridgehead atoms. The first-order valence-corrected chi connectivity index (χ1v) is 3.61. The van der Waals surface area contributed by atoms with E-state index >= 15 is 0 Å². The summed E-state index contributed by atoms with van der Waals surface area (Å²) in [5.74, 6) is -0.428. The molecule has 0 rings (SSSR count). The molecule has 0 fully saturated rings. The minimum atomic E-state index is -0.855. The van der Waals surface area contributed by atoms with Crippen molar-refractivity contribution < 1.29 is 9.90 Å². The van der Waals surface area contributed by atoms with E-state index in [2.05, 4.69) is 13.8 Å². The minimum absolute atomic E-state index is 0.427. The van der Waals surface area contributed by atoms with Crippen molar-refractivity contribution in [3.63, 3.8) is 0 Å². The highest BCUT2D eigenvalue weighted by atomic mass is 16.4. The number of hydrogen-bond donors (Lipinski definition) is 1. The van der Waals surface area contributed by atoms with Gasteiger partial charge in [-0.25, -0.2) is 4.79 Å². The minimum Gasteiger partial charge on any atom is -0.478 e. The second-order valence-corrected chi connectivity index (χ2v) is 2.27. The zero-order valence-electron chi connectivity index (χ0n) is 6.50. The molecule has 10 heavy (non-hydrogen) atoms. The normalized spacial score (nSPS) is 11.1. The van der Waals surface area contributed by atoms with Crippen LogP contribution < -0.4 is 0 Å². The maximum absolute atomic E-state index is 10.0. The van der Waals surface area contributed by atoms with Crippen LogP contribution in [0.3, 0.4) is 0 Å². The van der Waals surface area contributed by atoms with Gasteiger partial charge in [0.1, 0.15) is 0 Å². The van der Waals surface area contributed by atoms with E-state index in [1.807, 2.05) is 0 Å². The average molecular weight is 142 g/mol. The first-order chi connectivity index (χ1) is 4.70. The quantitative estimate of drug-likeness (QED) is 0.610. The molecule has 0 saturated carbocycles. The summed E-state index contributed by atoms with van der Waals surface area (Å²) in [7, 11) is 0. The van der Waals surface area contributed by atoms with Gasteiger partial charge in [-0.1, -0.05) is 19.9 Å². The van der Waals surface area contributed by atoms with Gasteiger partial charge >= 0.3 is 5.97 Å². The summed E-state index contributed by atoms with van der Waals surface area (Å²) in [5.41, 5.74) is 0. The van der Waals surface area contributed by atoms with Crippen LogP contribution in [0.4, 0.5) is 0 Å². The van der Waals surface area contributed by atoms with Crippen LogP contribution in [0.15, 0.2) is 12.2 Å². The van der Waals surface area contributed by atoms with Crippen molar-refractivity contribution in [2.24, 2.45) is 5.92 Å². The van der Waals surface area contributed by atoms with Gasteiger partial charge in [0.05, 0.1) is 0 Å². The maximum atomic E-state index is 10.0. The first kappa shape index (κ1) is 9.21. The predicted molar refractivity (Wildman–Crippen MR) is 40.8 cm³/mol. The number of hydrogen-bond acceptors (Lipinski definition) is 1. The van der Waals surface area contributed by atoms with Crippen LogP contribution in [0.2, 0.25) is 0 Å². The lowest BCUT2D eigenvalue weighted by Gasteiger charge is -2.02. The Bertz CT molecular complexity index is 123. The van der Waals surface area contributed by atoms with Crippen LogP contribution in [0.5, 0.6) is 0 Å². The third-order valence-electron chi connectivity index (χ3n) is 1.56. The van der Waals surface area contributed by atoms with E-state index in [-0.39, 0.29) is 0 Å². The van der Waals surface area contributed by atoms with Gasteiger partial charge in [0.25, 0.3) is 0 Å². The van der Waals surface area contributed by atoms with Gasteiger partial charge in [0.2, 0.25) is 0 Å². The van der Waals surface area contributed by atoms with Crippen molar-refractivity contribution in [3.8, 4) is 0 Å². The largest absolute Gasteiger partial charge is 0.478 e. The summed E-state index contributed by atoms with van der Waals surface area (Å²) >= 11 is 0. The van der Waals surface area contributed by atoms with E-state index < -0.39 is 5.97 Å². The lowest BCUT2D eigenvalue weighted by Crippen LogP contribution is -1.93. The molecule has 0 aromatic heterocycles. The topological polar surface area (TPSA) is 37.3 Å². The van der Waals surface area contributed by atoms with Crippen LogP contribution in [-0.2, 0) is 4.79 Å². The lowest BCUT2D eigenvalue weighted by molar-refractivity contribution is -0.131. The molecule has 0 aromatic rings. The molecule has 2 heteroatoms. The van der Waals surface area contributed by atoms with Crippen LogP contribution >= 0.6 is 0 Å². The number of aliphatic carboxylic acids is 1. The standard InChI is InChI=1S/C8H14O2/c1-3-7(4-2)5-6-8(9)10/h5-7H,3-4H2,1-2H3,(H,9,10)/b6-5+. The van der Waals surface area contributed by atoms with Crippen molar-refractivity contribution in [2.45, 2.75) is 26.7 Å². The molecule has 0 amide bonds. The van der Waals surface area contributed by atoms with Gasteiger partial charge in [-0.2, -0.15) is 0 Å². The fourth-order valence-electron chi connectivity index (χ4n) is 0.779. The van der Waals surface area contributed by atoms with Gasteiger partial charge < -0.3 is 5.11 Å². The van der Waals surface area contributed by atoms with Crippen LogP contribution in [0, 0.1) is 5.92 Å². The van der Waals surface area contributed by atoms with Crippen molar-refractivity contribution in [3.05, 3.63) is 12.2 Å². The van der Waals surface area contributed by atoms with Gasteiger partial charge in [0, 0.05) is 6.08 Å². The Kier molecular flexibility index (Phi) is 4.63. The Morgan fingerprint density at radius 2 is 2.00 bits per heavy atom. The molecule has 0 unspecified atom stereocenters. The Labute approximate surface area is 61.6 Å². The maximum Gasteiger partial charge on any atom is 0.327 e. The fourth-order valence-corrected chi connectivity index (χ4v) is 0.779. The number of carbonyl (C=O) groups is 1. The predicted octanol–water partition coefficient (Wildman–Crippen LogP) is 2.06. The van der Waals surface area contributed by atoms with Crippen molar-refractivity contribution >= 4 is 5.97 Å². The van der Waals surface area contributed by atoms with E-state index in [4.69, 9.17) is 5.11 Å². The fraction of sp³-hybridized carbons (Fsp3) is 0.625. The number of carboxylic acids is 1. The Balaban J connectivity index is 3.72. The molecule has 2 nitrogen and oxygen atoms in total.